The van der Waals surface area contributed by atoms with Gasteiger partial charge in [-0.25, -0.2) is 0 Å². The minimum atomic E-state index is -0.181. The molecule has 74 valence electrons. The standard InChI is InChI=1S/C10H11NO3/c1-2-5-14-10(11)8-4-3-7(12)6-9(8)13/h2-4,6,11-13H,1,5H2. The molecule has 0 aliphatic rings. The van der Waals surface area contributed by atoms with Crippen molar-refractivity contribution in [3.63, 3.8) is 0 Å². The summed E-state index contributed by atoms with van der Waals surface area (Å²) in [7, 11) is 0. The SMILES string of the molecule is C=CCOC(=N)c1ccc(O)cc1O. The summed E-state index contributed by atoms with van der Waals surface area (Å²) in [6.07, 6.45) is 1.51. The highest BCUT2D eigenvalue weighted by Crippen LogP contribution is 2.22. The molecular weight excluding hydrogens is 182 g/mol. The molecule has 0 fully saturated rings. The van der Waals surface area contributed by atoms with Crippen LogP contribution < -0.4 is 0 Å². The van der Waals surface area contributed by atoms with Gasteiger partial charge in [0.2, 0.25) is 5.90 Å². The van der Waals surface area contributed by atoms with Crippen LogP contribution in [0.15, 0.2) is 30.9 Å². The zero-order valence-corrected chi connectivity index (χ0v) is 7.53. The smallest absolute Gasteiger partial charge is 0.217 e. The molecular formula is C10H11NO3. The van der Waals surface area contributed by atoms with Crippen LogP contribution in [0.2, 0.25) is 0 Å². The fraction of sp³-hybridized carbons (Fsp3) is 0.100. The fourth-order valence-electron chi connectivity index (χ4n) is 0.932. The first-order valence-electron chi connectivity index (χ1n) is 3.99. The zero-order valence-electron chi connectivity index (χ0n) is 7.53. The van der Waals surface area contributed by atoms with Crippen molar-refractivity contribution in [2.24, 2.45) is 0 Å². The summed E-state index contributed by atoms with van der Waals surface area (Å²) < 4.78 is 4.92. The molecule has 0 saturated heterocycles. The van der Waals surface area contributed by atoms with Crippen molar-refractivity contribution in [2.75, 3.05) is 6.61 Å². The number of phenols is 2. The molecule has 1 aromatic rings. The van der Waals surface area contributed by atoms with Gasteiger partial charge in [-0.1, -0.05) is 12.7 Å². The van der Waals surface area contributed by atoms with Crippen molar-refractivity contribution >= 4 is 5.90 Å². The van der Waals surface area contributed by atoms with Crippen LogP contribution in [-0.2, 0) is 4.74 Å². The van der Waals surface area contributed by atoms with Gasteiger partial charge in [0.15, 0.2) is 0 Å². The molecule has 1 rings (SSSR count). The first-order chi connectivity index (χ1) is 6.65. The van der Waals surface area contributed by atoms with Gasteiger partial charge in [0, 0.05) is 6.07 Å². The minimum absolute atomic E-state index is 0.0530. The van der Waals surface area contributed by atoms with Crippen LogP contribution in [0, 0.1) is 5.41 Å². The van der Waals surface area contributed by atoms with Crippen molar-refractivity contribution in [3.05, 3.63) is 36.4 Å². The maximum Gasteiger partial charge on any atom is 0.217 e. The Morgan fingerprint density at radius 3 is 2.79 bits per heavy atom. The largest absolute Gasteiger partial charge is 0.508 e. The summed E-state index contributed by atoms with van der Waals surface area (Å²) in [5.74, 6) is -0.385. The molecule has 0 radical (unpaired) electrons. The van der Waals surface area contributed by atoms with Crippen LogP contribution in [0.5, 0.6) is 11.5 Å². The van der Waals surface area contributed by atoms with Gasteiger partial charge in [-0.05, 0) is 12.1 Å². The number of hydrogen-bond acceptors (Lipinski definition) is 4. The molecule has 0 aliphatic carbocycles. The van der Waals surface area contributed by atoms with Gasteiger partial charge < -0.3 is 14.9 Å². The molecule has 0 saturated carbocycles. The average molecular weight is 193 g/mol. The summed E-state index contributed by atoms with van der Waals surface area (Å²) in [4.78, 5) is 0. The highest BCUT2D eigenvalue weighted by Gasteiger charge is 2.08. The fourth-order valence-corrected chi connectivity index (χ4v) is 0.932. The lowest BCUT2D eigenvalue weighted by molar-refractivity contribution is 0.346. The second kappa shape index (κ2) is 4.32. The third-order valence-electron chi connectivity index (χ3n) is 1.57. The van der Waals surface area contributed by atoms with Crippen LogP contribution >= 0.6 is 0 Å². The first kappa shape index (κ1) is 10.1. The Kier molecular flexibility index (Phi) is 3.12. The molecule has 0 bridgehead atoms. The number of ether oxygens (including phenoxy) is 1. The number of aromatic hydroxyl groups is 2. The molecule has 0 atom stereocenters. The van der Waals surface area contributed by atoms with E-state index in [0.29, 0.717) is 0 Å². The topological polar surface area (TPSA) is 73.5 Å². The van der Waals surface area contributed by atoms with Gasteiger partial charge in [0.05, 0.1) is 5.56 Å². The maximum atomic E-state index is 9.35. The Labute approximate surface area is 81.6 Å². The van der Waals surface area contributed by atoms with Gasteiger partial charge >= 0.3 is 0 Å². The quantitative estimate of drug-likeness (QED) is 0.388. The second-order valence-corrected chi connectivity index (χ2v) is 2.63. The summed E-state index contributed by atoms with van der Waals surface area (Å²) in [5.41, 5.74) is 0.240. The molecule has 4 nitrogen and oxygen atoms in total. The van der Waals surface area contributed by atoms with Crippen LogP contribution in [0.25, 0.3) is 0 Å². The summed E-state index contributed by atoms with van der Waals surface area (Å²) in [5, 5.41) is 25.8. The van der Waals surface area contributed by atoms with Gasteiger partial charge in [-0.2, -0.15) is 0 Å². The van der Waals surface area contributed by atoms with Crippen molar-refractivity contribution in [1.82, 2.24) is 0 Å². The van der Waals surface area contributed by atoms with E-state index in [9.17, 15) is 5.11 Å². The maximum absolute atomic E-state index is 9.35. The Hall–Kier alpha value is -1.97. The minimum Gasteiger partial charge on any atom is -0.508 e. The second-order valence-electron chi connectivity index (χ2n) is 2.63. The predicted octanol–water partition coefficient (Wildman–Crippen LogP) is 1.63. The van der Waals surface area contributed by atoms with E-state index in [2.05, 4.69) is 6.58 Å². The average Bonchev–Trinajstić information content (AvgIpc) is 2.14. The van der Waals surface area contributed by atoms with Crippen molar-refractivity contribution in [2.45, 2.75) is 0 Å². The number of phenolic OH excluding ortho intramolecular Hbond substituents is 2. The third kappa shape index (κ3) is 2.26. The highest BCUT2D eigenvalue weighted by atomic mass is 16.5. The van der Waals surface area contributed by atoms with Gasteiger partial charge in [0.25, 0.3) is 0 Å². The summed E-state index contributed by atoms with van der Waals surface area (Å²) >= 11 is 0. The van der Waals surface area contributed by atoms with E-state index >= 15 is 0 Å². The van der Waals surface area contributed by atoms with Crippen LogP contribution in [-0.4, -0.2) is 22.7 Å². The van der Waals surface area contributed by atoms with E-state index in [4.69, 9.17) is 15.3 Å². The van der Waals surface area contributed by atoms with E-state index in [-0.39, 0.29) is 29.6 Å². The van der Waals surface area contributed by atoms with Crippen LogP contribution in [0.3, 0.4) is 0 Å². The molecule has 0 aromatic heterocycles. The van der Waals surface area contributed by atoms with Gasteiger partial charge in [-0.15, -0.1) is 0 Å². The van der Waals surface area contributed by atoms with Crippen molar-refractivity contribution in [3.8, 4) is 11.5 Å². The third-order valence-corrected chi connectivity index (χ3v) is 1.57. The van der Waals surface area contributed by atoms with Gasteiger partial charge in [0.1, 0.15) is 18.1 Å². The zero-order chi connectivity index (χ0) is 10.6. The van der Waals surface area contributed by atoms with E-state index < -0.39 is 0 Å². The number of rotatable bonds is 3. The van der Waals surface area contributed by atoms with Crippen LogP contribution in [0.4, 0.5) is 0 Å². The lowest BCUT2D eigenvalue weighted by Gasteiger charge is -2.06. The molecule has 0 spiro atoms. The Morgan fingerprint density at radius 1 is 1.50 bits per heavy atom. The van der Waals surface area contributed by atoms with Crippen molar-refractivity contribution < 1.29 is 14.9 Å². The molecule has 0 heterocycles. The van der Waals surface area contributed by atoms with E-state index in [0.717, 1.165) is 6.07 Å². The van der Waals surface area contributed by atoms with E-state index in [1.165, 1.54) is 18.2 Å². The first-order valence-corrected chi connectivity index (χ1v) is 3.99. The summed E-state index contributed by atoms with van der Waals surface area (Å²) in [6, 6.07) is 3.94. The predicted molar refractivity (Wildman–Crippen MR) is 52.7 cm³/mol. The van der Waals surface area contributed by atoms with Gasteiger partial charge in [-0.3, -0.25) is 5.41 Å². The molecule has 3 N–H and O–H groups in total. The molecule has 0 unspecified atom stereocenters. The highest BCUT2D eigenvalue weighted by molar-refractivity contribution is 5.94. The van der Waals surface area contributed by atoms with Crippen molar-refractivity contribution in [1.29, 1.82) is 5.41 Å². The Morgan fingerprint density at radius 2 is 2.21 bits per heavy atom. The lowest BCUT2D eigenvalue weighted by Crippen LogP contribution is -2.05. The number of nitrogens with one attached hydrogen (secondary N) is 1. The van der Waals surface area contributed by atoms with E-state index in [1.807, 2.05) is 0 Å². The molecule has 0 amide bonds. The molecule has 0 aliphatic heterocycles. The van der Waals surface area contributed by atoms with E-state index in [1.54, 1.807) is 0 Å². The normalized spacial score (nSPS) is 9.43. The Balaban J connectivity index is 2.84. The Bertz CT molecular complexity index is 360. The number of benzene rings is 1. The molecule has 1 aromatic carbocycles. The monoisotopic (exact) mass is 193 g/mol. The lowest BCUT2D eigenvalue weighted by atomic mass is 10.2. The number of hydrogen-bond donors (Lipinski definition) is 3. The summed E-state index contributed by atoms with van der Waals surface area (Å²) in [6.45, 7) is 3.65. The molecule has 14 heavy (non-hydrogen) atoms. The van der Waals surface area contributed by atoms with Crippen LogP contribution in [0.1, 0.15) is 5.56 Å². The molecule has 4 heteroatoms.